The third kappa shape index (κ3) is 4.07. The van der Waals surface area contributed by atoms with Gasteiger partial charge in [-0.2, -0.15) is 0 Å². The molecule has 1 amide bonds. The number of nitrogens with one attached hydrogen (secondary N) is 1. The zero-order valence-corrected chi connectivity index (χ0v) is 19.4. The molecule has 0 spiro atoms. The highest BCUT2D eigenvalue weighted by molar-refractivity contribution is 6.46. The molecule has 36 heavy (non-hydrogen) atoms. The molecule has 1 saturated heterocycles. The Morgan fingerprint density at radius 2 is 1.78 bits per heavy atom. The fourth-order valence-corrected chi connectivity index (χ4v) is 4.61. The number of amides is 1. The van der Waals surface area contributed by atoms with E-state index in [2.05, 4.69) is 4.98 Å². The number of methoxy groups -OCH3 is 1. The van der Waals surface area contributed by atoms with E-state index in [1.165, 1.54) is 41.3 Å². The number of aromatic hydroxyl groups is 1. The summed E-state index contributed by atoms with van der Waals surface area (Å²) in [7, 11) is 1.59. The number of halogens is 1. The molecular formula is C28H23FN2O5. The van der Waals surface area contributed by atoms with E-state index in [-0.39, 0.29) is 29.2 Å². The number of rotatable bonds is 6. The summed E-state index contributed by atoms with van der Waals surface area (Å²) in [6, 6.07) is 16.0. The predicted octanol–water partition coefficient (Wildman–Crippen LogP) is 4.69. The van der Waals surface area contributed by atoms with Crippen LogP contribution in [0.15, 0.2) is 78.5 Å². The number of benzene rings is 3. The summed E-state index contributed by atoms with van der Waals surface area (Å²) in [5.41, 5.74) is 2.55. The molecular weight excluding hydrogens is 463 g/mol. The predicted molar refractivity (Wildman–Crippen MR) is 132 cm³/mol. The van der Waals surface area contributed by atoms with Crippen LogP contribution in [0.3, 0.4) is 0 Å². The van der Waals surface area contributed by atoms with Gasteiger partial charge in [0.1, 0.15) is 23.1 Å². The van der Waals surface area contributed by atoms with E-state index in [1.54, 1.807) is 19.2 Å². The first kappa shape index (κ1) is 23.2. The number of aliphatic hydroxyl groups is 1. The maximum Gasteiger partial charge on any atom is 0.295 e. The minimum atomic E-state index is -0.879. The second-order valence-electron chi connectivity index (χ2n) is 8.57. The van der Waals surface area contributed by atoms with Crippen LogP contribution in [-0.4, -0.2) is 45.4 Å². The molecule has 0 saturated carbocycles. The topological polar surface area (TPSA) is 103 Å². The lowest BCUT2D eigenvalue weighted by atomic mass is 9.95. The SMILES string of the molecule is COc1ccc2[nH]cc(CCN3C(=O)C(=O)/C(=C(\O)c4ccc(F)cc4)C3c3ccc(O)cc3)c2c1. The van der Waals surface area contributed by atoms with E-state index < -0.39 is 23.5 Å². The van der Waals surface area contributed by atoms with Gasteiger partial charge in [0.2, 0.25) is 0 Å². The number of aromatic nitrogens is 1. The second kappa shape index (κ2) is 9.22. The largest absolute Gasteiger partial charge is 0.508 e. The maximum absolute atomic E-state index is 13.4. The summed E-state index contributed by atoms with van der Waals surface area (Å²) in [5, 5.41) is 21.7. The number of Topliss-reactive ketones (excluding diaryl/α,β-unsaturated/α-hetero) is 1. The van der Waals surface area contributed by atoms with Crippen LogP contribution in [0, 0.1) is 5.82 Å². The van der Waals surface area contributed by atoms with Crippen molar-refractivity contribution in [3.63, 3.8) is 0 Å². The van der Waals surface area contributed by atoms with Crippen molar-refractivity contribution in [2.45, 2.75) is 12.5 Å². The average Bonchev–Trinajstić information content (AvgIpc) is 3.40. The molecule has 3 N–H and O–H groups in total. The number of likely N-dealkylation sites (tertiary alicyclic amines) is 1. The van der Waals surface area contributed by atoms with Crippen molar-refractivity contribution in [2.75, 3.05) is 13.7 Å². The number of hydrogen-bond donors (Lipinski definition) is 3. The van der Waals surface area contributed by atoms with Gasteiger partial charge in [-0.25, -0.2) is 4.39 Å². The van der Waals surface area contributed by atoms with Crippen molar-refractivity contribution < 1.29 is 28.9 Å². The van der Waals surface area contributed by atoms with E-state index in [0.717, 1.165) is 16.5 Å². The highest BCUT2D eigenvalue weighted by Crippen LogP contribution is 2.40. The molecule has 7 nitrogen and oxygen atoms in total. The van der Waals surface area contributed by atoms with E-state index in [9.17, 15) is 24.2 Å². The molecule has 182 valence electrons. The molecule has 1 aromatic heterocycles. The summed E-state index contributed by atoms with van der Waals surface area (Å²) >= 11 is 0. The number of ketones is 1. The lowest BCUT2D eigenvalue weighted by Crippen LogP contribution is -2.31. The van der Waals surface area contributed by atoms with Gasteiger partial charge < -0.3 is 24.8 Å². The van der Waals surface area contributed by atoms with Gasteiger partial charge in [0.15, 0.2) is 0 Å². The average molecular weight is 486 g/mol. The van der Waals surface area contributed by atoms with Crippen LogP contribution >= 0.6 is 0 Å². The second-order valence-corrected chi connectivity index (χ2v) is 8.57. The number of nitrogens with zero attached hydrogens (tertiary/aromatic N) is 1. The molecule has 1 fully saturated rings. The number of carbonyl (C=O) groups excluding carboxylic acids is 2. The van der Waals surface area contributed by atoms with Crippen molar-refractivity contribution in [3.8, 4) is 11.5 Å². The van der Waals surface area contributed by atoms with E-state index >= 15 is 0 Å². The smallest absolute Gasteiger partial charge is 0.295 e. The van der Waals surface area contributed by atoms with Crippen molar-refractivity contribution in [3.05, 3.63) is 101 Å². The van der Waals surface area contributed by atoms with Crippen molar-refractivity contribution >= 4 is 28.4 Å². The normalized spacial score (nSPS) is 17.2. The number of carbonyl (C=O) groups is 2. The molecule has 5 rings (SSSR count). The fourth-order valence-electron chi connectivity index (χ4n) is 4.61. The van der Waals surface area contributed by atoms with Crippen LogP contribution in [0.1, 0.15) is 22.7 Å². The molecule has 1 aliphatic heterocycles. The highest BCUT2D eigenvalue weighted by atomic mass is 19.1. The number of hydrogen-bond acceptors (Lipinski definition) is 5. The highest BCUT2D eigenvalue weighted by Gasteiger charge is 2.45. The summed E-state index contributed by atoms with van der Waals surface area (Å²) < 4.78 is 18.8. The monoisotopic (exact) mass is 486 g/mol. The van der Waals surface area contributed by atoms with Crippen LogP contribution in [0.4, 0.5) is 4.39 Å². The minimum Gasteiger partial charge on any atom is -0.508 e. The summed E-state index contributed by atoms with van der Waals surface area (Å²) in [6.45, 7) is 0.195. The Morgan fingerprint density at radius 3 is 2.47 bits per heavy atom. The number of aromatic amines is 1. The molecule has 0 bridgehead atoms. The van der Waals surface area contributed by atoms with Crippen LogP contribution in [0.25, 0.3) is 16.7 Å². The molecule has 1 unspecified atom stereocenters. The van der Waals surface area contributed by atoms with Gasteiger partial charge in [-0.3, -0.25) is 9.59 Å². The van der Waals surface area contributed by atoms with Crippen molar-refractivity contribution in [2.24, 2.45) is 0 Å². The van der Waals surface area contributed by atoms with Gasteiger partial charge in [0.25, 0.3) is 11.7 Å². The minimum absolute atomic E-state index is 0.0296. The molecule has 8 heteroatoms. The van der Waals surface area contributed by atoms with E-state index in [0.29, 0.717) is 17.7 Å². The van der Waals surface area contributed by atoms with Crippen LogP contribution in [0.5, 0.6) is 11.5 Å². The standard InChI is InChI=1S/C28H23FN2O5/c1-36-21-10-11-23-22(14-21)18(15-30-23)12-13-31-25(16-4-8-20(32)9-5-16)24(27(34)28(31)35)26(33)17-2-6-19(29)7-3-17/h2-11,14-15,25,30,32-33H,12-13H2,1H3/b26-24-. The molecule has 1 atom stereocenters. The lowest BCUT2D eigenvalue weighted by molar-refractivity contribution is -0.139. The lowest BCUT2D eigenvalue weighted by Gasteiger charge is -2.25. The molecule has 2 heterocycles. The Labute approximate surface area is 206 Å². The first-order valence-corrected chi connectivity index (χ1v) is 11.3. The van der Waals surface area contributed by atoms with Crippen molar-refractivity contribution in [1.29, 1.82) is 0 Å². The van der Waals surface area contributed by atoms with Crippen LogP contribution in [-0.2, 0) is 16.0 Å². The Hall–Kier alpha value is -4.59. The summed E-state index contributed by atoms with van der Waals surface area (Å²) in [6.07, 6.45) is 2.29. The summed E-state index contributed by atoms with van der Waals surface area (Å²) in [4.78, 5) is 30.9. The zero-order chi connectivity index (χ0) is 25.4. The fraction of sp³-hybridized carbons (Fsp3) is 0.143. The molecule has 4 aromatic rings. The quantitative estimate of drug-likeness (QED) is 0.209. The Balaban J connectivity index is 1.55. The van der Waals surface area contributed by atoms with Gasteiger partial charge in [-0.1, -0.05) is 12.1 Å². The molecule has 3 aromatic carbocycles. The maximum atomic E-state index is 13.4. The first-order chi connectivity index (χ1) is 17.4. The Kier molecular flexibility index (Phi) is 5.93. The summed E-state index contributed by atoms with van der Waals surface area (Å²) in [5.74, 6) is -1.71. The third-order valence-corrected chi connectivity index (χ3v) is 6.46. The Bertz CT molecular complexity index is 1490. The molecule has 0 radical (unpaired) electrons. The van der Waals surface area contributed by atoms with Gasteiger partial charge in [-0.05, 0) is 72.1 Å². The van der Waals surface area contributed by atoms with Crippen LogP contribution < -0.4 is 4.74 Å². The third-order valence-electron chi connectivity index (χ3n) is 6.46. The molecule has 1 aliphatic rings. The zero-order valence-electron chi connectivity index (χ0n) is 19.4. The Morgan fingerprint density at radius 1 is 1.06 bits per heavy atom. The van der Waals surface area contributed by atoms with E-state index in [1.807, 2.05) is 24.4 Å². The van der Waals surface area contributed by atoms with Gasteiger partial charge in [0, 0.05) is 29.2 Å². The number of fused-ring (bicyclic) bond motifs is 1. The van der Waals surface area contributed by atoms with E-state index in [4.69, 9.17) is 4.74 Å². The number of ether oxygens (including phenoxy) is 1. The van der Waals surface area contributed by atoms with Gasteiger partial charge >= 0.3 is 0 Å². The number of phenols is 1. The number of H-pyrrole nitrogens is 1. The number of aliphatic hydroxyl groups excluding tert-OH is 1. The van der Waals surface area contributed by atoms with Crippen LogP contribution in [0.2, 0.25) is 0 Å². The number of phenolic OH excluding ortho intramolecular Hbond substituents is 1. The van der Waals surface area contributed by atoms with Gasteiger partial charge in [-0.15, -0.1) is 0 Å². The van der Waals surface area contributed by atoms with Crippen molar-refractivity contribution in [1.82, 2.24) is 9.88 Å². The first-order valence-electron chi connectivity index (χ1n) is 11.3. The van der Waals surface area contributed by atoms with Gasteiger partial charge in [0.05, 0.1) is 18.7 Å². The molecule has 0 aliphatic carbocycles.